The van der Waals surface area contributed by atoms with Crippen LogP contribution in [-0.2, 0) is 24.6 Å². The second-order valence-corrected chi connectivity index (χ2v) is 8.19. The summed E-state index contributed by atoms with van der Waals surface area (Å²) in [6.07, 6.45) is 4.51. The molecular formula is C17H20BrN3O3S. The van der Waals surface area contributed by atoms with Crippen LogP contribution in [0, 0.1) is 5.92 Å². The molecule has 0 aliphatic heterocycles. The summed E-state index contributed by atoms with van der Waals surface area (Å²) in [6.45, 7) is 4.29. The lowest BCUT2D eigenvalue weighted by molar-refractivity contribution is 0.0526. The van der Waals surface area contributed by atoms with E-state index in [-0.39, 0.29) is 17.6 Å². The summed E-state index contributed by atoms with van der Waals surface area (Å²) in [4.78, 5) is 26.2. The van der Waals surface area contributed by atoms with Crippen molar-refractivity contribution in [3.8, 4) is 0 Å². The van der Waals surface area contributed by atoms with Gasteiger partial charge >= 0.3 is 5.97 Å². The Hall–Kier alpha value is -1.67. The number of aryl methyl sites for hydroxylation is 1. The number of hydrogen-bond acceptors (Lipinski definition) is 5. The molecule has 1 aliphatic carbocycles. The van der Waals surface area contributed by atoms with Crippen molar-refractivity contribution in [2.75, 3.05) is 11.9 Å². The largest absolute Gasteiger partial charge is 0.462 e. The first-order valence-electron chi connectivity index (χ1n) is 8.22. The summed E-state index contributed by atoms with van der Waals surface area (Å²) in [5.41, 5.74) is 1.82. The molecule has 0 radical (unpaired) electrons. The third-order valence-corrected chi connectivity index (χ3v) is 5.97. The fraction of sp³-hybridized carbons (Fsp3) is 0.471. The van der Waals surface area contributed by atoms with Crippen LogP contribution in [0.2, 0.25) is 0 Å². The van der Waals surface area contributed by atoms with Gasteiger partial charge in [0.1, 0.15) is 5.00 Å². The van der Waals surface area contributed by atoms with Gasteiger partial charge in [0.15, 0.2) is 5.69 Å². The van der Waals surface area contributed by atoms with Crippen molar-refractivity contribution in [2.45, 2.75) is 33.1 Å². The summed E-state index contributed by atoms with van der Waals surface area (Å²) in [7, 11) is 1.75. The first kappa shape index (κ1) is 18.1. The van der Waals surface area contributed by atoms with E-state index >= 15 is 0 Å². The van der Waals surface area contributed by atoms with Crippen LogP contribution in [0.15, 0.2) is 10.7 Å². The predicted molar refractivity (Wildman–Crippen MR) is 100 cm³/mol. The summed E-state index contributed by atoms with van der Waals surface area (Å²) in [5, 5.41) is 7.58. The number of aromatic nitrogens is 2. The summed E-state index contributed by atoms with van der Waals surface area (Å²) < 4.78 is 7.40. The quantitative estimate of drug-likeness (QED) is 0.755. The van der Waals surface area contributed by atoms with Gasteiger partial charge in [-0.2, -0.15) is 5.10 Å². The zero-order valence-electron chi connectivity index (χ0n) is 14.4. The standard InChI is InChI=1S/C17H20BrN3O3S/c1-4-24-17(23)13-10-6-5-9(2)7-12(10)25-16(13)19-15(22)14-11(18)8-21(3)20-14/h8-9H,4-7H2,1-3H3,(H,19,22). The lowest BCUT2D eigenvalue weighted by Gasteiger charge is -2.18. The lowest BCUT2D eigenvalue weighted by atomic mass is 9.88. The molecule has 1 aliphatic rings. The third kappa shape index (κ3) is 3.64. The van der Waals surface area contributed by atoms with E-state index < -0.39 is 0 Å². The number of thiophene rings is 1. The monoisotopic (exact) mass is 425 g/mol. The highest BCUT2D eigenvalue weighted by atomic mass is 79.9. The van der Waals surface area contributed by atoms with E-state index in [0.29, 0.717) is 27.6 Å². The van der Waals surface area contributed by atoms with Gasteiger partial charge in [-0.15, -0.1) is 11.3 Å². The fourth-order valence-corrected chi connectivity index (χ4v) is 4.98. The van der Waals surface area contributed by atoms with E-state index in [9.17, 15) is 9.59 Å². The Bertz CT molecular complexity index is 827. The van der Waals surface area contributed by atoms with Crippen LogP contribution in [0.4, 0.5) is 5.00 Å². The second-order valence-electron chi connectivity index (χ2n) is 6.23. The van der Waals surface area contributed by atoms with Crippen molar-refractivity contribution >= 4 is 44.1 Å². The molecule has 2 heterocycles. The van der Waals surface area contributed by atoms with Crippen LogP contribution in [-0.4, -0.2) is 28.3 Å². The van der Waals surface area contributed by atoms with E-state index in [4.69, 9.17) is 4.74 Å². The van der Waals surface area contributed by atoms with Crippen LogP contribution in [0.25, 0.3) is 0 Å². The minimum atomic E-state index is -0.370. The summed E-state index contributed by atoms with van der Waals surface area (Å²) in [5.74, 6) is -0.135. The molecule has 1 N–H and O–H groups in total. The molecule has 6 nitrogen and oxygen atoms in total. The molecule has 1 amide bonds. The van der Waals surface area contributed by atoms with Crippen LogP contribution in [0.5, 0.6) is 0 Å². The number of hydrogen-bond donors (Lipinski definition) is 1. The molecule has 0 fully saturated rings. The predicted octanol–water partition coefficient (Wildman–Crippen LogP) is 3.80. The normalized spacial score (nSPS) is 16.4. The molecule has 1 atom stereocenters. The summed E-state index contributed by atoms with van der Waals surface area (Å²) >= 11 is 4.81. The molecule has 2 aromatic rings. The minimum Gasteiger partial charge on any atom is -0.462 e. The van der Waals surface area contributed by atoms with Gasteiger partial charge in [0.05, 0.1) is 16.6 Å². The Balaban J connectivity index is 1.96. The highest BCUT2D eigenvalue weighted by Gasteiger charge is 2.29. The molecule has 1 unspecified atom stereocenters. The number of nitrogens with one attached hydrogen (secondary N) is 1. The van der Waals surface area contributed by atoms with E-state index in [1.807, 2.05) is 0 Å². The highest BCUT2D eigenvalue weighted by Crippen LogP contribution is 2.40. The lowest BCUT2D eigenvalue weighted by Crippen LogP contribution is -2.17. The first-order valence-corrected chi connectivity index (χ1v) is 9.83. The number of anilines is 1. The van der Waals surface area contributed by atoms with Gasteiger partial charge in [0.2, 0.25) is 0 Å². The zero-order chi connectivity index (χ0) is 18.1. The van der Waals surface area contributed by atoms with Crippen molar-refractivity contribution < 1.29 is 14.3 Å². The third-order valence-electron chi connectivity index (χ3n) is 4.22. The van der Waals surface area contributed by atoms with E-state index in [1.165, 1.54) is 11.3 Å². The van der Waals surface area contributed by atoms with Crippen molar-refractivity contribution in [1.29, 1.82) is 0 Å². The maximum atomic E-state index is 12.6. The Morgan fingerprint density at radius 2 is 2.28 bits per heavy atom. The van der Waals surface area contributed by atoms with Crippen molar-refractivity contribution in [1.82, 2.24) is 9.78 Å². The average Bonchev–Trinajstić information content (AvgIpc) is 3.06. The Labute approximate surface area is 158 Å². The van der Waals surface area contributed by atoms with Gasteiger partial charge in [-0.1, -0.05) is 6.92 Å². The molecule has 25 heavy (non-hydrogen) atoms. The Morgan fingerprint density at radius 1 is 1.52 bits per heavy atom. The molecule has 134 valence electrons. The number of nitrogens with zero attached hydrogens (tertiary/aromatic N) is 2. The fourth-order valence-electron chi connectivity index (χ4n) is 3.03. The number of esters is 1. The maximum absolute atomic E-state index is 12.6. The number of carbonyl (C=O) groups excluding carboxylic acids is 2. The van der Waals surface area contributed by atoms with Crippen molar-refractivity contribution in [3.63, 3.8) is 0 Å². The molecule has 0 spiro atoms. The molecular weight excluding hydrogens is 406 g/mol. The zero-order valence-corrected chi connectivity index (χ0v) is 16.8. The van der Waals surface area contributed by atoms with Crippen LogP contribution < -0.4 is 5.32 Å². The van der Waals surface area contributed by atoms with Gasteiger partial charge < -0.3 is 10.1 Å². The molecule has 0 saturated carbocycles. The van der Waals surface area contributed by atoms with Crippen molar-refractivity contribution in [3.05, 3.63) is 32.4 Å². The molecule has 8 heteroatoms. The topological polar surface area (TPSA) is 73.2 Å². The smallest absolute Gasteiger partial charge is 0.341 e. The van der Waals surface area contributed by atoms with E-state index in [0.717, 1.165) is 29.7 Å². The van der Waals surface area contributed by atoms with Crippen LogP contribution in [0.1, 0.15) is 51.6 Å². The van der Waals surface area contributed by atoms with Gasteiger partial charge in [0, 0.05) is 18.1 Å². The number of carbonyl (C=O) groups is 2. The van der Waals surface area contributed by atoms with Gasteiger partial charge in [-0.25, -0.2) is 4.79 Å². The van der Waals surface area contributed by atoms with Crippen molar-refractivity contribution in [2.24, 2.45) is 13.0 Å². The maximum Gasteiger partial charge on any atom is 0.341 e. The molecule has 2 aromatic heterocycles. The van der Waals surface area contributed by atoms with Crippen LogP contribution >= 0.6 is 27.3 Å². The number of fused-ring (bicyclic) bond motifs is 1. The SMILES string of the molecule is CCOC(=O)c1c(NC(=O)c2nn(C)cc2Br)sc2c1CCC(C)C2. The summed E-state index contributed by atoms with van der Waals surface area (Å²) in [6, 6.07) is 0. The van der Waals surface area contributed by atoms with Gasteiger partial charge in [-0.3, -0.25) is 9.48 Å². The molecule has 0 aromatic carbocycles. The van der Waals surface area contributed by atoms with Crippen LogP contribution in [0.3, 0.4) is 0 Å². The Kier molecular flexibility index (Phi) is 5.29. The van der Waals surface area contributed by atoms with E-state index in [1.54, 1.807) is 24.9 Å². The average molecular weight is 426 g/mol. The number of halogens is 1. The minimum absolute atomic E-state index is 0.289. The second kappa shape index (κ2) is 7.29. The number of rotatable bonds is 4. The number of amides is 1. The molecule has 0 saturated heterocycles. The van der Waals surface area contributed by atoms with Gasteiger partial charge in [-0.05, 0) is 53.6 Å². The Morgan fingerprint density at radius 3 is 2.92 bits per heavy atom. The molecule has 3 rings (SSSR count). The molecule has 0 bridgehead atoms. The highest BCUT2D eigenvalue weighted by molar-refractivity contribution is 9.10. The van der Waals surface area contributed by atoms with E-state index in [2.05, 4.69) is 33.3 Å². The van der Waals surface area contributed by atoms with Gasteiger partial charge in [0.25, 0.3) is 5.91 Å². The first-order chi connectivity index (χ1) is 11.9. The number of ether oxygens (including phenoxy) is 1.